The van der Waals surface area contributed by atoms with Gasteiger partial charge in [-0.25, -0.2) is 0 Å². The average Bonchev–Trinajstić information content (AvgIpc) is 3.00. The number of hydrogen-bond acceptors (Lipinski definition) is 4. The molecule has 0 saturated heterocycles. The van der Waals surface area contributed by atoms with Crippen LogP contribution in [0.2, 0.25) is 5.15 Å². The van der Waals surface area contributed by atoms with Gasteiger partial charge in [0.2, 0.25) is 0 Å². The number of ketones is 1. The fourth-order valence-corrected chi connectivity index (χ4v) is 4.14. The smallest absolute Gasteiger partial charge is 0.150 e. The highest BCUT2D eigenvalue weighted by atomic mass is 35.5. The summed E-state index contributed by atoms with van der Waals surface area (Å²) in [5.41, 5.74) is 5.53. The van der Waals surface area contributed by atoms with Crippen molar-refractivity contribution in [3.8, 4) is 16.2 Å². The molecule has 3 aromatic rings. The highest BCUT2D eigenvalue weighted by molar-refractivity contribution is 7.10. The van der Waals surface area contributed by atoms with Crippen molar-refractivity contribution in [1.29, 1.82) is 0 Å². The first-order valence-electron chi connectivity index (χ1n) is 8.87. The third-order valence-electron chi connectivity index (χ3n) is 4.57. The summed E-state index contributed by atoms with van der Waals surface area (Å²) in [5.74, 6) is 0.995. The maximum Gasteiger partial charge on any atom is 0.150 e. The maximum atomic E-state index is 11.2. The molecule has 0 saturated carbocycles. The minimum Gasteiger partial charge on any atom is -0.489 e. The van der Waals surface area contributed by atoms with Crippen LogP contribution in [0.25, 0.3) is 10.4 Å². The van der Waals surface area contributed by atoms with E-state index in [4.69, 9.17) is 16.3 Å². The Labute approximate surface area is 169 Å². The van der Waals surface area contributed by atoms with Gasteiger partial charge in [-0.3, -0.25) is 0 Å². The molecule has 0 unspecified atom stereocenters. The number of nitrogens with zero attached hydrogens (tertiary/aromatic N) is 1. The van der Waals surface area contributed by atoms with Crippen molar-refractivity contribution in [2.45, 2.75) is 40.2 Å². The molecule has 5 heteroatoms. The average molecular weight is 400 g/mol. The zero-order chi connectivity index (χ0) is 19.4. The van der Waals surface area contributed by atoms with E-state index in [0.717, 1.165) is 33.7 Å². The molecule has 0 atom stereocenters. The second-order valence-corrected chi connectivity index (χ2v) is 7.81. The van der Waals surface area contributed by atoms with Gasteiger partial charge in [0, 0.05) is 12.0 Å². The fraction of sp³-hybridized carbons (Fsp3) is 0.273. The number of ether oxygens (including phenoxy) is 1. The van der Waals surface area contributed by atoms with Crippen molar-refractivity contribution < 1.29 is 9.53 Å². The first-order chi connectivity index (χ1) is 13.0. The summed E-state index contributed by atoms with van der Waals surface area (Å²) in [6.45, 7) is 6.11. The molecular formula is C22H22ClNO2S. The van der Waals surface area contributed by atoms with Crippen LogP contribution in [-0.4, -0.2) is 10.2 Å². The summed E-state index contributed by atoms with van der Waals surface area (Å²) >= 11 is 7.73. The number of Topliss-reactive ketones (excluding diaryl/α,β-unsaturated/α-hetero) is 1. The highest BCUT2D eigenvalue weighted by Gasteiger charge is 2.16. The van der Waals surface area contributed by atoms with E-state index in [1.165, 1.54) is 22.7 Å². The lowest BCUT2D eigenvalue weighted by molar-refractivity contribution is -0.116. The van der Waals surface area contributed by atoms with E-state index in [1.54, 1.807) is 6.92 Å². The minimum absolute atomic E-state index is 0.207. The lowest BCUT2D eigenvalue weighted by atomic mass is 10.0. The quantitative estimate of drug-likeness (QED) is 0.476. The summed E-state index contributed by atoms with van der Waals surface area (Å²) < 4.78 is 10.3. The van der Waals surface area contributed by atoms with E-state index in [1.807, 2.05) is 37.3 Å². The predicted molar refractivity (Wildman–Crippen MR) is 112 cm³/mol. The van der Waals surface area contributed by atoms with E-state index >= 15 is 0 Å². The molecule has 0 bridgehead atoms. The minimum atomic E-state index is 0.207. The van der Waals surface area contributed by atoms with Crippen LogP contribution in [0.3, 0.4) is 0 Å². The Kier molecular flexibility index (Phi) is 6.30. The van der Waals surface area contributed by atoms with Crippen molar-refractivity contribution in [1.82, 2.24) is 4.37 Å². The van der Waals surface area contributed by atoms with Crippen LogP contribution in [0.15, 0.2) is 42.5 Å². The molecule has 0 radical (unpaired) electrons. The first kappa shape index (κ1) is 19.6. The molecule has 27 heavy (non-hydrogen) atoms. The number of halogens is 1. The SMILES string of the molecule is CC(=O)CCc1ccc(OCc2c(Cl)nsc2-c2ccccc2C)cc1C. The Balaban J connectivity index is 1.76. The standard InChI is InChI=1S/C22H22ClNO2S/c1-14-6-4-5-7-19(14)21-20(22(23)24-27-21)13-26-18-11-10-17(15(2)12-18)9-8-16(3)25/h4-7,10-12H,8-9,13H2,1-3H3. The van der Waals surface area contributed by atoms with Gasteiger partial charge in [-0.05, 0) is 73.1 Å². The number of rotatable bonds is 7. The molecule has 0 aliphatic rings. The van der Waals surface area contributed by atoms with Crippen LogP contribution in [0.5, 0.6) is 5.75 Å². The van der Waals surface area contributed by atoms with Crippen LogP contribution in [0, 0.1) is 13.8 Å². The normalized spacial score (nSPS) is 10.8. The Bertz CT molecular complexity index is 965. The van der Waals surface area contributed by atoms with Gasteiger partial charge < -0.3 is 9.53 Å². The Morgan fingerprint density at radius 2 is 1.93 bits per heavy atom. The Morgan fingerprint density at radius 1 is 1.15 bits per heavy atom. The molecule has 1 aromatic heterocycles. The van der Waals surface area contributed by atoms with Gasteiger partial charge in [-0.15, -0.1) is 0 Å². The third-order valence-corrected chi connectivity index (χ3v) is 5.91. The van der Waals surface area contributed by atoms with Crippen LogP contribution < -0.4 is 4.74 Å². The number of aromatic nitrogens is 1. The number of carbonyl (C=O) groups is 1. The molecule has 3 rings (SSSR count). The molecule has 2 aromatic carbocycles. The van der Waals surface area contributed by atoms with E-state index in [-0.39, 0.29) is 5.78 Å². The predicted octanol–water partition coefficient (Wildman–Crippen LogP) is 6.18. The van der Waals surface area contributed by atoms with Gasteiger partial charge in [0.15, 0.2) is 0 Å². The van der Waals surface area contributed by atoms with Gasteiger partial charge in [0.1, 0.15) is 23.3 Å². The lowest BCUT2D eigenvalue weighted by Gasteiger charge is -2.11. The molecule has 0 aliphatic heterocycles. The Hall–Kier alpha value is -2.17. The van der Waals surface area contributed by atoms with Crippen LogP contribution >= 0.6 is 23.1 Å². The van der Waals surface area contributed by atoms with Gasteiger partial charge in [0.25, 0.3) is 0 Å². The molecule has 3 nitrogen and oxygen atoms in total. The summed E-state index contributed by atoms with van der Waals surface area (Å²) in [4.78, 5) is 12.2. The zero-order valence-corrected chi connectivity index (χ0v) is 17.3. The van der Waals surface area contributed by atoms with Crippen LogP contribution in [-0.2, 0) is 17.8 Å². The van der Waals surface area contributed by atoms with Gasteiger partial charge in [0.05, 0.1) is 4.88 Å². The molecule has 0 amide bonds. The van der Waals surface area contributed by atoms with Crippen molar-refractivity contribution in [2.24, 2.45) is 0 Å². The zero-order valence-electron chi connectivity index (χ0n) is 15.7. The summed E-state index contributed by atoms with van der Waals surface area (Å²) in [7, 11) is 0. The van der Waals surface area contributed by atoms with Crippen LogP contribution in [0.4, 0.5) is 0 Å². The summed E-state index contributed by atoms with van der Waals surface area (Å²) in [6, 6.07) is 14.2. The maximum absolute atomic E-state index is 11.2. The molecule has 140 valence electrons. The Morgan fingerprint density at radius 3 is 2.63 bits per heavy atom. The molecule has 1 heterocycles. The monoisotopic (exact) mass is 399 g/mol. The van der Waals surface area contributed by atoms with Crippen molar-refractivity contribution in [2.75, 3.05) is 0 Å². The topological polar surface area (TPSA) is 39.2 Å². The van der Waals surface area contributed by atoms with Crippen molar-refractivity contribution >= 4 is 28.9 Å². The van der Waals surface area contributed by atoms with Gasteiger partial charge in [-0.2, -0.15) is 4.37 Å². The van der Waals surface area contributed by atoms with Crippen molar-refractivity contribution in [3.05, 3.63) is 69.9 Å². The van der Waals surface area contributed by atoms with E-state index in [9.17, 15) is 4.79 Å². The first-order valence-corrected chi connectivity index (χ1v) is 10.0. The van der Waals surface area contributed by atoms with Crippen LogP contribution in [0.1, 0.15) is 35.6 Å². The van der Waals surface area contributed by atoms with E-state index < -0.39 is 0 Å². The van der Waals surface area contributed by atoms with Gasteiger partial charge >= 0.3 is 0 Å². The second kappa shape index (κ2) is 8.68. The number of carbonyl (C=O) groups excluding carboxylic acids is 1. The molecular weight excluding hydrogens is 378 g/mol. The van der Waals surface area contributed by atoms with E-state index in [2.05, 4.69) is 23.4 Å². The second-order valence-electron chi connectivity index (χ2n) is 6.67. The third kappa shape index (κ3) is 4.76. The highest BCUT2D eigenvalue weighted by Crippen LogP contribution is 2.35. The number of aryl methyl sites for hydroxylation is 3. The van der Waals surface area contributed by atoms with E-state index in [0.29, 0.717) is 18.2 Å². The summed E-state index contributed by atoms with van der Waals surface area (Å²) in [5, 5.41) is 0.494. The van der Waals surface area contributed by atoms with Crippen molar-refractivity contribution in [3.63, 3.8) is 0 Å². The molecule has 0 N–H and O–H groups in total. The summed E-state index contributed by atoms with van der Waals surface area (Å²) in [6.07, 6.45) is 1.33. The molecule has 0 spiro atoms. The number of hydrogen-bond donors (Lipinski definition) is 0. The number of benzene rings is 2. The van der Waals surface area contributed by atoms with Gasteiger partial charge in [-0.1, -0.05) is 41.9 Å². The lowest BCUT2D eigenvalue weighted by Crippen LogP contribution is -1.99. The molecule has 0 fully saturated rings. The fourth-order valence-electron chi connectivity index (χ4n) is 2.96. The largest absolute Gasteiger partial charge is 0.489 e. The molecule has 0 aliphatic carbocycles.